The summed E-state index contributed by atoms with van der Waals surface area (Å²) in [6.07, 6.45) is 4.19. The van der Waals surface area contributed by atoms with Crippen molar-refractivity contribution in [2.45, 2.75) is 31.2 Å². The molecule has 4 heteroatoms. The van der Waals surface area contributed by atoms with E-state index in [0.29, 0.717) is 6.41 Å². The fourth-order valence-electron chi connectivity index (χ4n) is 1.76. The first-order valence-electron chi connectivity index (χ1n) is 4.19. The van der Waals surface area contributed by atoms with Gasteiger partial charge in [0.2, 0.25) is 12.3 Å². The number of nitrogens with one attached hydrogen (secondary N) is 2. The van der Waals surface area contributed by atoms with Gasteiger partial charge < -0.3 is 5.32 Å². The zero-order valence-corrected chi connectivity index (χ0v) is 7.22. The summed E-state index contributed by atoms with van der Waals surface area (Å²) in [6.45, 7) is 0. The molecule has 4 nitrogen and oxygen atoms in total. The number of rotatable bonds is 3. The molecular formula is C8H14N2O2. The second-order valence-electron chi connectivity index (χ2n) is 3.13. The Morgan fingerprint density at radius 1 is 1.42 bits per heavy atom. The summed E-state index contributed by atoms with van der Waals surface area (Å²) < 4.78 is 0. The van der Waals surface area contributed by atoms with Gasteiger partial charge in [0.15, 0.2) is 0 Å². The first-order chi connectivity index (χ1) is 5.75. The van der Waals surface area contributed by atoms with Gasteiger partial charge in [-0.3, -0.25) is 14.9 Å². The van der Waals surface area contributed by atoms with Crippen molar-refractivity contribution < 1.29 is 9.59 Å². The molecule has 68 valence electrons. The van der Waals surface area contributed by atoms with Gasteiger partial charge in [-0.25, -0.2) is 0 Å². The highest BCUT2D eigenvalue weighted by Gasteiger charge is 2.39. The number of carbonyl (C=O) groups excluding carboxylic acids is 2. The molecule has 0 aromatic rings. The highest BCUT2D eigenvalue weighted by atomic mass is 16.2. The molecule has 0 atom stereocenters. The van der Waals surface area contributed by atoms with Crippen LogP contribution in [-0.2, 0) is 9.59 Å². The third-order valence-electron chi connectivity index (χ3n) is 2.56. The highest BCUT2D eigenvalue weighted by Crippen LogP contribution is 2.29. The first-order valence-corrected chi connectivity index (χ1v) is 4.19. The minimum atomic E-state index is -0.485. The summed E-state index contributed by atoms with van der Waals surface area (Å²) in [4.78, 5) is 21.5. The van der Waals surface area contributed by atoms with E-state index >= 15 is 0 Å². The van der Waals surface area contributed by atoms with Crippen molar-refractivity contribution in [3.8, 4) is 0 Å². The summed E-state index contributed by atoms with van der Waals surface area (Å²) >= 11 is 0. The molecule has 0 saturated heterocycles. The van der Waals surface area contributed by atoms with Gasteiger partial charge in [-0.15, -0.1) is 0 Å². The summed E-state index contributed by atoms with van der Waals surface area (Å²) in [6, 6.07) is 0. The molecule has 1 fully saturated rings. The summed E-state index contributed by atoms with van der Waals surface area (Å²) in [7, 11) is 1.76. The van der Waals surface area contributed by atoms with Crippen LogP contribution in [0.1, 0.15) is 25.7 Å². The van der Waals surface area contributed by atoms with Gasteiger partial charge in [0, 0.05) is 0 Å². The Hall–Kier alpha value is -0.900. The van der Waals surface area contributed by atoms with E-state index < -0.39 is 5.54 Å². The Morgan fingerprint density at radius 3 is 2.42 bits per heavy atom. The molecular weight excluding hydrogens is 156 g/mol. The van der Waals surface area contributed by atoms with E-state index in [9.17, 15) is 9.59 Å². The zero-order valence-electron chi connectivity index (χ0n) is 7.22. The van der Waals surface area contributed by atoms with E-state index in [4.69, 9.17) is 0 Å². The molecule has 0 aromatic heterocycles. The molecule has 0 aromatic carbocycles. The lowest BCUT2D eigenvalue weighted by molar-refractivity contribution is -0.130. The largest absolute Gasteiger partial charge is 0.306 e. The van der Waals surface area contributed by atoms with Crippen LogP contribution in [0.5, 0.6) is 0 Å². The molecule has 0 spiro atoms. The molecule has 0 unspecified atom stereocenters. The van der Waals surface area contributed by atoms with Crippen molar-refractivity contribution >= 4 is 12.3 Å². The van der Waals surface area contributed by atoms with Gasteiger partial charge in [-0.1, -0.05) is 12.8 Å². The highest BCUT2D eigenvalue weighted by molar-refractivity contribution is 5.93. The molecule has 1 saturated carbocycles. The van der Waals surface area contributed by atoms with Gasteiger partial charge in [0.1, 0.15) is 0 Å². The summed E-state index contributed by atoms with van der Waals surface area (Å²) in [5, 5.41) is 5.19. The Balaban J connectivity index is 2.65. The summed E-state index contributed by atoms with van der Waals surface area (Å²) in [5.74, 6) is -0.197. The van der Waals surface area contributed by atoms with Gasteiger partial charge in [-0.05, 0) is 19.9 Å². The van der Waals surface area contributed by atoms with E-state index in [2.05, 4.69) is 10.6 Å². The van der Waals surface area contributed by atoms with Crippen LogP contribution in [0.2, 0.25) is 0 Å². The fraction of sp³-hybridized carbons (Fsp3) is 0.750. The average Bonchev–Trinajstić information content (AvgIpc) is 2.54. The predicted octanol–water partition coefficient (Wildman–Crippen LogP) is -0.209. The summed E-state index contributed by atoms with van der Waals surface area (Å²) in [5.41, 5.74) is -0.485. The van der Waals surface area contributed by atoms with Gasteiger partial charge >= 0.3 is 0 Å². The van der Waals surface area contributed by atoms with Crippen molar-refractivity contribution in [3.63, 3.8) is 0 Å². The Bertz CT molecular complexity index is 185. The van der Waals surface area contributed by atoms with Crippen molar-refractivity contribution in [2.75, 3.05) is 7.05 Å². The van der Waals surface area contributed by atoms with Gasteiger partial charge in [-0.2, -0.15) is 0 Å². The lowest BCUT2D eigenvalue weighted by atomic mass is 9.97. The maximum Gasteiger partial charge on any atom is 0.246 e. The average molecular weight is 170 g/mol. The van der Waals surface area contributed by atoms with Gasteiger partial charge in [0.05, 0.1) is 5.54 Å². The van der Waals surface area contributed by atoms with Crippen LogP contribution in [0.25, 0.3) is 0 Å². The Morgan fingerprint density at radius 2 is 2.00 bits per heavy atom. The van der Waals surface area contributed by atoms with E-state index in [-0.39, 0.29) is 5.91 Å². The molecule has 0 bridgehead atoms. The standard InChI is InChI=1S/C8H14N2O2/c1-9-8(4-2-3-5-8)7(12)10-6-11/h6,9H,2-5H2,1H3,(H,10,11,12). The Labute approximate surface area is 71.7 Å². The molecule has 0 heterocycles. The molecule has 1 aliphatic carbocycles. The van der Waals surface area contributed by atoms with Crippen LogP contribution in [0.15, 0.2) is 0 Å². The number of carbonyl (C=O) groups is 2. The topological polar surface area (TPSA) is 58.2 Å². The van der Waals surface area contributed by atoms with Crippen molar-refractivity contribution in [2.24, 2.45) is 0 Å². The maximum atomic E-state index is 11.4. The number of hydrogen-bond acceptors (Lipinski definition) is 3. The molecule has 0 aliphatic heterocycles. The zero-order chi connectivity index (χ0) is 9.03. The second-order valence-corrected chi connectivity index (χ2v) is 3.13. The molecule has 1 aliphatic rings. The van der Waals surface area contributed by atoms with Crippen LogP contribution in [0.3, 0.4) is 0 Å². The second kappa shape index (κ2) is 3.67. The quantitative estimate of drug-likeness (QED) is 0.576. The molecule has 2 N–H and O–H groups in total. The van der Waals surface area contributed by atoms with Crippen LogP contribution in [0.4, 0.5) is 0 Å². The number of amides is 2. The van der Waals surface area contributed by atoms with Crippen LogP contribution >= 0.6 is 0 Å². The molecule has 1 rings (SSSR count). The minimum absolute atomic E-state index is 0.197. The van der Waals surface area contributed by atoms with Gasteiger partial charge in [0.25, 0.3) is 0 Å². The van der Waals surface area contributed by atoms with E-state index in [1.165, 1.54) is 0 Å². The van der Waals surface area contributed by atoms with E-state index in [0.717, 1.165) is 25.7 Å². The minimum Gasteiger partial charge on any atom is -0.306 e. The molecule has 2 amide bonds. The predicted molar refractivity (Wildman–Crippen MR) is 44.5 cm³/mol. The van der Waals surface area contributed by atoms with Crippen LogP contribution in [-0.4, -0.2) is 24.9 Å². The molecule has 0 radical (unpaired) electrons. The monoisotopic (exact) mass is 170 g/mol. The van der Waals surface area contributed by atoms with E-state index in [1.807, 2.05) is 0 Å². The third-order valence-corrected chi connectivity index (χ3v) is 2.56. The van der Waals surface area contributed by atoms with Crippen LogP contribution < -0.4 is 10.6 Å². The normalized spacial score (nSPS) is 20.4. The van der Waals surface area contributed by atoms with Crippen molar-refractivity contribution in [3.05, 3.63) is 0 Å². The lowest BCUT2D eigenvalue weighted by Crippen LogP contribution is -2.53. The molecule has 12 heavy (non-hydrogen) atoms. The number of imide groups is 1. The maximum absolute atomic E-state index is 11.4. The SMILES string of the molecule is CNC1(C(=O)NC=O)CCCC1. The third kappa shape index (κ3) is 1.48. The first kappa shape index (κ1) is 9.19. The smallest absolute Gasteiger partial charge is 0.246 e. The lowest BCUT2D eigenvalue weighted by Gasteiger charge is -2.25. The number of likely N-dealkylation sites (N-methyl/N-ethyl adjacent to an activating group) is 1. The van der Waals surface area contributed by atoms with Crippen LogP contribution in [0, 0.1) is 0 Å². The number of hydrogen-bond donors (Lipinski definition) is 2. The Kier molecular flexibility index (Phi) is 2.81. The fourth-order valence-corrected chi connectivity index (χ4v) is 1.76. The van der Waals surface area contributed by atoms with Crippen molar-refractivity contribution in [1.82, 2.24) is 10.6 Å². The van der Waals surface area contributed by atoms with Crippen molar-refractivity contribution in [1.29, 1.82) is 0 Å². The van der Waals surface area contributed by atoms with E-state index in [1.54, 1.807) is 7.05 Å².